The lowest BCUT2D eigenvalue weighted by Gasteiger charge is -2.21. The zero-order valence-electron chi connectivity index (χ0n) is 15.0. The minimum absolute atomic E-state index is 0.0623. The molecule has 134 valence electrons. The van der Waals surface area contributed by atoms with Crippen molar-refractivity contribution in [1.82, 2.24) is 24.6 Å². The zero-order chi connectivity index (χ0) is 18.5. The summed E-state index contributed by atoms with van der Waals surface area (Å²) in [6.07, 6.45) is 3.45. The average Bonchev–Trinajstić information content (AvgIpc) is 3.03. The lowest BCUT2D eigenvalue weighted by molar-refractivity contribution is -0.129. The van der Waals surface area contributed by atoms with Crippen LogP contribution < -0.4 is 0 Å². The van der Waals surface area contributed by atoms with Gasteiger partial charge in [0.15, 0.2) is 11.0 Å². The number of pyridine rings is 1. The largest absolute Gasteiger partial charge is 0.340 e. The molecule has 7 heteroatoms. The topological polar surface area (TPSA) is 63.9 Å². The Morgan fingerprint density at radius 2 is 1.85 bits per heavy atom. The van der Waals surface area contributed by atoms with Crippen LogP contribution >= 0.6 is 11.8 Å². The number of hydrogen-bond donors (Lipinski definition) is 0. The molecule has 0 aliphatic heterocycles. The molecule has 0 radical (unpaired) electrons. The molecule has 0 unspecified atom stereocenters. The van der Waals surface area contributed by atoms with Crippen molar-refractivity contribution in [2.75, 3.05) is 7.05 Å². The smallest absolute Gasteiger partial charge is 0.235 e. The summed E-state index contributed by atoms with van der Waals surface area (Å²) in [5, 5.41) is 8.95. The van der Waals surface area contributed by atoms with Gasteiger partial charge in [-0.25, -0.2) is 0 Å². The Hall–Kier alpha value is -2.67. The summed E-state index contributed by atoms with van der Waals surface area (Å²) in [4.78, 5) is 18.4. The van der Waals surface area contributed by atoms with Gasteiger partial charge in [0.2, 0.25) is 5.91 Å². The molecule has 1 aromatic carbocycles. The molecular weight excluding hydrogens is 346 g/mol. The molecular formula is C19H21N5OS. The summed E-state index contributed by atoms with van der Waals surface area (Å²) in [5.74, 6) is 0.819. The van der Waals surface area contributed by atoms with Crippen molar-refractivity contribution in [3.63, 3.8) is 0 Å². The number of thioether (sulfide) groups is 1. The third-order valence-corrected chi connectivity index (χ3v) is 5.16. The van der Waals surface area contributed by atoms with Crippen molar-refractivity contribution in [3.05, 3.63) is 60.4 Å². The van der Waals surface area contributed by atoms with Crippen LogP contribution in [-0.4, -0.2) is 42.9 Å². The molecule has 6 nitrogen and oxygen atoms in total. The molecule has 3 rings (SSSR count). The molecule has 0 spiro atoms. The quantitative estimate of drug-likeness (QED) is 0.627. The van der Waals surface area contributed by atoms with Crippen LogP contribution in [0, 0.1) is 0 Å². The monoisotopic (exact) mass is 367 g/mol. The van der Waals surface area contributed by atoms with Crippen molar-refractivity contribution >= 4 is 17.7 Å². The molecule has 1 atom stereocenters. The third kappa shape index (κ3) is 4.11. The second-order valence-corrected chi connectivity index (χ2v) is 7.35. The fraction of sp³-hybridized carbons (Fsp3) is 0.263. The van der Waals surface area contributed by atoms with Gasteiger partial charge in [-0.3, -0.25) is 9.78 Å². The van der Waals surface area contributed by atoms with Gasteiger partial charge in [-0.2, -0.15) is 0 Å². The SMILES string of the molecule is C[C@@H](Sc1nnc(-c2ccncc2)n1C)C(=O)N(C)Cc1ccccc1. The Kier molecular flexibility index (Phi) is 5.68. The lowest BCUT2D eigenvalue weighted by atomic mass is 10.2. The number of carbonyl (C=O) groups excluding carboxylic acids is 1. The number of rotatable bonds is 6. The van der Waals surface area contributed by atoms with E-state index < -0.39 is 0 Å². The van der Waals surface area contributed by atoms with E-state index in [0.717, 1.165) is 17.0 Å². The zero-order valence-corrected chi connectivity index (χ0v) is 15.8. The summed E-state index contributed by atoms with van der Waals surface area (Å²) in [6, 6.07) is 13.7. The van der Waals surface area contributed by atoms with Gasteiger partial charge in [0.25, 0.3) is 0 Å². The van der Waals surface area contributed by atoms with Gasteiger partial charge < -0.3 is 9.47 Å². The van der Waals surface area contributed by atoms with Crippen LogP contribution in [0.3, 0.4) is 0 Å². The summed E-state index contributed by atoms with van der Waals surface area (Å²) in [7, 11) is 3.73. The molecule has 0 fully saturated rings. The van der Waals surface area contributed by atoms with E-state index in [1.807, 2.05) is 68.1 Å². The fourth-order valence-electron chi connectivity index (χ4n) is 2.62. The maximum atomic E-state index is 12.7. The van der Waals surface area contributed by atoms with Crippen LogP contribution in [0.5, 0.6) is 0 Å². The van der Waals surface area contributed by atoms with Crippen molar-refractivity contribution in [1.29, 1.82) is 0 Å². The molecule has 1 amide bonds. The van der Waals surface area contributed by atoms with Crippen LogP contribution in [-0.2, 0) is 18.4 Å². The van der Waals surface area contributed by atoms with Crippen LogP contribution in [0.2, 0.25) is 0 Å². The highest BCUT2D eigenvalue weighted by atomic mass is 32.2. The van der Waals surface area contributed by atoms with Gasteiger partial charge in [0, 0.05) is 38.6 Å². The highest BCUT2D eigenvalue weighted by molar-refractivity contribution is 8.00. The first-order valence-corrected chi connectivity index (χ1v) is 9.19. The van der Waals surface area contributed by atoms with Crippen LogP contribution in [0.4, 0.5) is 0 Å². The molecule has 0 saturated heterocycles. The number of amides is 1. The number of hydrogen-bond acceptors (Lipinski definition) is 5. The number of benzene rings is 1. The Balaban J connectivity index is 1.67. The first-order chi connectivity index (χ1) is 12.6. The van der Waals surface area contributed by atoms with Crippen molar-refractivity contribution in [2.45, 2.75) is 23.9 Å². The highest BCUT2D eigenvalue weighted by Gasteiger charge is 2.22. The standard InChI is InChI=1S/C19H21N5OS/c1-14(18(25)23(2)13-15-7-5-4-6-8-15)26-19-22-21-17(24(19)3)16-9-11-20-12-10-16/h4-12,14H,13H2,1-3H3/t14-/m1/s1. The van der Waals surface area contributed by atoms with Crippen LogP contribution in [0.25, 0.3) is 11.4 Å². The highest BCUT2D eigenvalue weighted by Crippen LogP contribution is 2.26. The Morgan fingerprint density at radius 1 is 1.15 bits per heavy atom. The molecule has 2 aromatic heterocycles. The molecule has 0 N–H and O–H groups in total. The van der Waals surface area contributed by atoms with Crippen molar-refractivity contribution in [2.24, 2.45) is 7.05 Å². The molecule has 2 heterocycles. The summed E-state index contributed by atoms with van der Waals surface area (Å²) >= 11 is 1.42. The number of nitrogens with zero attached hydrogens (tertiary/aromatic N) is 5. The lowest BCUT2D eigenvalue weighted by Crippen LogP contribution is -2.32. The second kappa shape index (κ2) is 8.14. The van der Waals surface area contributed by atoms with E-state index in [1.54, 1.807) is 17.3 Å². The van der Waals surface area contributed by atoms with E-state index in [2.05, 4.69) is 15.2 Å². The van der Waals surface area contributed by atoms with E-state index in [4.69, 9.17) is 0 Å². The molecule has 0 aliphatic rings. The first kappa shape index (κ1) is 18.1. The van der Waals surface area contributed by atoms with Gasteiger partial charge in [0.1, 0.15) is 0 Å². The maximum Gasteiger partial charge on any atom is 0.235 e. The van der Waals surface area contributed by atoms with Gasteiger partial charge >= 0.3 is 0 Å². The first-order valence-electron chi connectivity index (χ1n) is 8.31. The van der Waals surface area contributed by atoms with Gasteiger partial charge in [-0.15, -0.1) is 10.2 Å². The van der Waals surface area contributed by atoms with E-state index in [9.17, 15) is 4.79 Å². The minimum Gasteiger partial charge on any atom is -0.340 e. The molecule has 0 bridgehead atoms. The third-order valence-electron chi connectivity index (χ3n) is 4.04. The Morgan fingerprint density at radius 3 is 2.54 bits per heavy atom. The summed E-state index contributed by atoms with van der Waals surface area (Å²) in [6.45, 7) is 2.49. The van der Waals surface area contributed by atoms with Gasteiger partial charge in [-0.1, -0.05) is 42.1 Å². The average molecular weight is 367 g/mol. The van der Waals surface area contributed by atoms with Gasteiger partial charge in [-0.05, 0) is 24.6 Å². The molecule has 3 aromatic rings. The van der Waals surface area contributed by atoms with E-state index in [0.29, 0.717) is 11.7 Å². The van der Waals surface area contributed by atoms with Crippen molar-refractivity contribution < 1.29 is 4.79 Å². The van der Waals surface area contributed by atoms with Gasteiger partial charge in [0.05, 0.1) is 5.25 Å². The molecule has 0 aliphatic carbocycles. The predicted octanol–water partition coefficient (Wildman–Crippen LogP) is 3.02. The van der Waals surface area contributed by atoms with E-state index in [-0.39, 0.29) is 11.2 Å². The van der Waals surface area contributed by atoms with Crippen LogP contribution in [0.1, 0.15) is 12.5 Å². The summed E-state index contributed by atoms with van der Waals surface area (Å²) in [5.41, 5.74) is 2.06. The predicted molar refractivity (Wildman–Crippen MR) is 102 cm³/mol. The molecule has 0 saturated carbocycles. The second-order valence-electron chi connectivity index (χ2n) is 6.04. The maximum absolute atomic E-state index is 12.7. The van der Waals surface area contributed by atoms with E-state index >= 15 is 0 Å². The van der Waals surface area contributed by atoms with Crippen molar-refractivity contribution in [3.8, 4) is 11.4 Å². The number of carbonyl (C=O) groups is 1. The van der Waals surface area contributed by atoms with E-state index in [1.165, 1.54) is 11.8 Å². The Bertz CT molecular complexity index is 866. The fourth-order valence-corrected chi connectivity index (χ4v) is 3.55. The molecule has 26 heavy (non-hydrogen) atoms. The Labute approximate surface area is 157 Å². The summed E-state index contributed by atoms with van der Waals surface area (Å²) < 4.78 is 1.90. The number of aromatic nitrogens is 4. The normalized spacial score (nSPS) is 12.0. The van der Waals surface area contributed by atoms with Crippen LogP contribution in [0.15, 0.2) is 60.0 Å². The minimum atomic E-state index is -0.253.